The molecule has 0 spiro atoms. The van der Waals surface area contributed by atoms with Crippen molar-refractivity contribution in [1.82, 2.24) is 9.97 Å². The minimum Gasteiger partial charge on any atom is -0.236 e. The van der Waals surface area contributed by atoms with Crippen molar-refractivity contribution in [1.29, 1.82) is 0 Å². The van der Waals surface area contributed by atoms with Gasteiger partial charge in [-0.1, -0.05) is 76.6 Å². The highest BCUT2D eigenvalue weighted by Gasteiger charge is 2.40. The molecule has 1 aliphatic carbocycles. The van der Waals surface area contributed by atoms with Crippen molar-refractivity contribution >= 4 is 0 Å². The molecule has 35 heavy (non-hydrogen) atoms. The summed E-state index contributed by atoms with van der Waals surface area (Å²) in [7, 11) is 0. The first-order valence-corrected chi connectivity index (χ1v) is 13.1. The van der Waals surface area contributed by atoms with Crippen LogP contribution in [0.4, 0.5) is 13.2 Å². The first-order chi connectivity index (χ1) is 17.0. The third-order valence-corrected chi connectivity index (χ3v) is 7.76. The van der Waals surface area contributed by atoms with Crippen LogP contribution in [0.1, 0.15) is 83.6 Å². The normalized spacial score (nSPS) is 16.3. The lowest BCUT2D eigenvalue weighted by atomic mass is 9.60. The predicted molar refractivity (Wildman–Crippen MR) is 135 cm³/mol. The van der Waals surface area contributed by atoms with Gasteiger partial charge in [-0.3, -0.25) is 0 Å². The van der Waals surface area contributed by atoms with Crippen LogP contribution >= 0.6 is 0 Å². The zero-order valence-corrected chi connectivity index (χ0v) is 20.8. The first kappa shape index (κ1) is 25.4. The average molecular weight is 481 g/mol. The molecule has 2 aromatic carbocycles. The standard InChI is InChI=1S/C30H35F3N2/c1-3-5-10-24(9-4-2)30(15-7-6-8-16-30)25-13-11-21(12-14-25)23-19-34-29(35-20-23)22-17-26(31)28(33)27(32)18-22/h11-14,17-20,24H,3-10,15-16H2,1-2H3. The van der Waals surface area contributed by atoms with Gasteiger partial charge in [0.2, 0.25) is 0 Å². The maximum Gasteiger partial charge on any atom is 0.194 e. The van der Waals surface area contributed by atoms with E-state index in [1.807, 2.05) is 0 Å². The molecule has 1 fully saturated rings. The second kappa shape index (κ2) is 11.4. The van der Waals surface area contributed by atoms with Crippen molar-refractivity contribution in [3.8, 4) is 22.5 Å². The lowest BCUT2D eigenvalue weighted by molar-refractivity contribution is 0.166. The molecule has 1 saturated carbocycles. The Kier molecular flexibility index (Phi) is 8.25. The summed E-state index contributed by atoms with van der Waals surface area (Å²) < 4.78 is 40.5. The zero-order valence-electron chi connectivity index (χ0n) is 20.8. The molecule has 1 aliphatic rings. The minimum atomic E-state index is -1.49. The Bertz CT molecular complexity index is 1080. The molecule has 1 aromatic heterocycles. The van der Waals surface area contributed by atoms with Gasteiger partial charge in [-0.05, 0) is 60.3 Å². The number of aromatic nitrogens is 2. The highest BCUT2D eigenvalue weighted by Crippen LogP contribution is 2.49. The van der Waals surface area contributed by atoms with E-state index in [1.54, 1.807) is 12.4 Å². The lowest BCUT2D eigenvalue weighted by Gasteiger charge is -2.45. The molecule has 2 nitrogen and oxygen atoms in total. The van der Waals surface area contributed by atoms with E-state index in [4.69, 9.17) is 0 Å². The summed E-state index contributed by atoms with van der Waals surface area (Å²) in [5.74, 6) is -3.11. The summed E-state index contributed by atoms with van der Waals surface area (Å²) in [5, 5.41) is 0. The van der Waals surface area contributed by atoms with Gasteiger partial charge in [0.25, 0.3) is 0 Å². The predicted octanol–water partition coefficient (Wildman–Crippen LogP) is 9.04. The minimum absolute atomic E-state index is 0.108. The second-order valence-electron chi connectivity index (χ2n) is 9.97. The Morgan fingerprint density at radius 1 is 0.771 bits per heavy atom. The SMILES string of the molecule is CCCCC(CCC)C1(c2ccc(-c3cnc(-c4cc(F)c(F)c(F)c4)nc3)cc2)CCCCC1. The quantitative estimate of drug-likeness (QED) is 0.286. The van der Waals surface area contributed by atoms with Gasteiger partial charge >= 0.3 is 0 Å². The van der Waals surface area contributed by atoms with Gasteiger partial charge in [-0.2, -0.15) is 0 Å². The molecule has 0 amide bonds. The van der Waals surface area contributed by atoms with Crippen LogP contribution in [0.15, 0.2) is 48.8 Å². The van der Waals surface area contributed by atoms with E-state index in [0.29, 0.717) is 0 Å². The average Bonchev–Trinajstić information content (AvgIpc) is 2.90. The maximum atomic E-state index is 13.6. The van der Waals surface area contributed by atoms with E-state index in [1.165, 1.54) is 69.8 Å². The molecule has 5 heteroatoms. The molecule has 0 saturated heterocycles. The summed E-state index contributed by atoms with van der Waals surface area (Å²) in [4.78, 5) is 8.57. The Balaban J connectivity index is 1.59. The number of benzene rings is 2. The summed E-state index contributed by atoms with van der Waals surface area (Å²) in [6.07, 6.45) is 16.1. The van der Waals surface area contributed by atoms with Crippen molar-refractivity contribution in [3.05, 3.63) is 71.8 Å². The van der Waals surface area contributed by atoms with Gasteiger partial charge in [0.15, 0.2) is 23.3 Å². The molecule has 0 N–H and O–H groups in total. The van der Waals surface area contributed by atoms with Crippen LogP contribution in [0, 0.1) is 23.4 Å². The highest BCUT2D eigenvalue weighted by atomic mass is 19.2. The van der Waals surface area contributed by atoms with Crippen molar-refractivity contribution in [3.63, 3.8) is 0 Å². The molecule has 0 aliphatic heterocycles. The van der Waals surface area contributed by atoms with Gasteiger partial charge in [-0.15, -0.1) is 0 Å². The smallest absolute Gasteiger partial charge is 0.194 e. The van der Waals surface area contributed by atoms with Crippen molar-refractivity contribution in [2.75, 3.05) is 0 Å². The molecule has 0 radical (unpaired) electrons. The van der Waals surface area contributed by atoms with E-state index in [0.717, 1.165) is 29.2 Å². The van der Waals surface area contributed by atoms with Crippen LogP contribution < -0.4 is 0 Å². The molecule has 3 aromatic rings. The second-order valence-corrected chi connectivity index (χ2v) is 9.97. The number of rotatable bonds is 9. The fraction of sp³-hybridized carbons (Fsp3) is 0.467. The van der Waals surface area contributed by atoms with E-state index in [2.05, 4.69) is 48.1 Å². The molecular formula is C30H35F3N2. The molecule has 1 heterocycles. The van der Waals surface area contributed by atoms with Crippen molar-refractivity contribution < 1.29 is 13.2 Å². The van der Waals surface area contributed by atoms with E-state index >= 15 is 0 Å². The summed E-state index contributed by atoms with van der Waals surface area (Å²) >= 11 is 0. The van der Waals surface area contributed by atoms with E-state index in [-0.39, 0.29) is 16.8 Å². The van der Waals surface area contributed by atoms with Crippen LogP contribution in [-0.2, 0) is 5.41 Å². The monoisotopic (exact) mass is 480 g/mol. The Hall–Kier alpha value is -2.69. The van der Waals surface area contributed by atoms with Crippen LogP contribution in [-0.4, -0.2) is 9.97 Å². The maximum absolute atomic E-state index is 13.6. The number of hydrogen-bond donors (Lipinski definition) is 0. The molecule has 1 unspecified atom stereocenters. The summed E-state index contributed by atoms with van der Waals surface area (Å²) in [5.41, 5.74) is 3.65. The van der Waals surface area contributed by atoms with E-state index in [9.17, 15) is 13.2 Å². The van der Waals surface area contributed by atoms with Crippen LogP contribution in [0.25, 0.3) is 22.5 Å². The summed E-state index contributed by atoms with van der Waals surface area (Å²) in [6.45, 7) is 4.58. The molecule has 4 rings (SSSR count). The van der Waals surface area contributed by atoms with Gasteiger partial charge in [0, 0.05) is 23.5 Å². The Morgan fingerprint density at radius 2 is 1.40 bits per heavy atom. The fourth-order valence-corrected chi connectivity index (χ4v) is 5.92. The largest absolute Gasteiger partial charge is 0.236 e. The highest BCUT2D eigenvalue weighted by molar-refractivity contribution is 5.64. The third-order valence-electron chi connectivity index (χ3n) is 7.76. The molecular weight excluding hydrogens is 445 g/mol. The zero-order chi connectivity index (χ0) is 24.8. The van der Waals surface area contributed by atoms with Gasteiger partial charge in [0.1, 0.15) is 0 Å². The fourth-order valence-electron chi connectivity index (χ4n) is 5.92. The Labute approximate surface area is 207 Å². The molecule has 0 bridgehead atoms. The summed E-state index contributed by atoms with van der Waals surface area (Å²) in [6, 6.07) is 10.7. The number of hydrogen-bond acceptors (Lipinski definition) is 2. The molecule has 1 atom stereocenters. The number of nitrogens with zero attached hydrogens (tertiary/aromatic N) is 2. The van der Waals surface area contributed by atoms with E-state index < -0.39 is 17.5 Å². The topological polar surface area (TPSA) is 25.8 Å². The van der Waals surface area contributed by atoms with Crippen molar-refractivity contribution in [2.24, 2.45) is 5.92 Å². The lowest BCUT2D eigenvalue weighted by Crippen LogP contribution is -2.37. The molecule has 186 valence electrons. The van der Waals surface area contributed by atoms with Gasteiger partial charge in [0.05, 0.1) is 0 Å². The first-order valence-electron chi connectivity index (χ1n) is 13.1. The number of unbranched alkanes of at least 4 members (excludes halogenated alkanes) is 1. The van der Waals surface area contributed by atoms with Crippen molar-refractivity contribution in [2.45, 2.75) is 83.5 Å². The number of halogens is 3. The van der Waals surface area contributed by atoms with Gasteiger partial charge < -0.3 is 0 Å². The van der Waals surface area contributed by atoms with Crippen LogP contribution in [0.5, 0.6) is 0 Å². The van der Waals surface area contributed by atoms with Gasteiger partial charge in [-0.25, -0.2) is 23.1 Å². The third kappa shape index (κ3) is 5.44. The Morgan fingerprint density at radius 3 is 1.97 bits per heavy atom. The van der Waals surface area contributed by atoms with Crippen LogP contribution in [0.2, 0.25) is 0 Å². The van der Waals surface area contributed by atoms with Crippen LogP contribution in [0.3, 0.4) is 0 Å².